The smallest absolute Gasteiger partial charge is 0.262 e. The molecule has 1 aromatic heterocycles. The first-order chi connectivity index (χ1) is 9.70. The van der Waals surface area contributed by atoms with E-state index in [2.05, 4.69) is 25.6 Å². The quantitative estimate of drug-likeness (QED) is 0.639. The molecule has 0 aliphatic heterocycles. The van der Waals surface area contributed by atoms with Crippen LogP contribution < -0.4 is 10.5 Å². The summed E-state index contributed by atoms with van der Waals surface area (Å²) in [6.45, 7) is 3.18. The third-order valence-corrected chi connectivity index (χ3v) is 4.83. The third-order valence-electron chi connectivity index (χ3n) is 2.88. The van der Waals surface area contributed by atoms with E-state index in [1.807, 2.05) is 0 Å². The normalized spacial score (nSPS) is 11.4. The van der Waals surface area contributed by atoms with Crippen LogP contribution in [0.4, 0.5) is 15.8 Å². The summed E-state index contributed by atoms with van der Waals surface area (Å²) in [6.07, 6.45) is 0. The average Bonchev–Trinajstić information content (AvgIpc) is 2.37. The van der Waals surface area contributed by atoms with Gasteiger partial charge >= 0.3 is 0 Å². The number of hydrogen-bond acceptors (Lipinski definition) is 4. The Bertz CT molecular complexity index is 809. The van der Waals surface area contributed by atoms with Gasteiger partial charge in [-0.3, -0.25) is 4.72 Å². The molecule has 112 valence electrons. The molecule has 1 aromatic carbocycles. The largest absolute Gasteiger partial charge is 0.396 e. The predicted octanol–water partition coefficient (Wildman–Crippen LogP) is 2.98. The lowest BCUT2D eigenvalue weighted by atomic mass is 10.2. The molecule has 8 heteroatoms. The van der Waals surface area contributed by atoms with E-state index in [-0.39, 0.29) is 16.1 Å². The van der Waals surface area contributed by atoms with Crippen molar-refractivity contribution in [2.24, 2.45) is 0 Å². The summed E-state index contributed by atoms with van der Waals surface area (Å²) in [7, 11) is -3.87. The summed E-state index contributed by atoms with van der Waals surface area (Å²) in [5.74, 6) is -0.645. The zero-order chi connectivity index (χ0) is 15.8. The molecule has 0 unspecified atom stereocenters. The van der Waals surface area contributed by atoms with Gasteiger partial charge < -0.3 is 5.73 Å². The molecule has 0 atom stereocenters. The Kier molecular flexibility index (Phi) is 4.20. The Hall–Kier alpha value is -1.67. The Balaban J connectivity index is 2.46. The minimum Gasteiger partial charge on any atom is -0.396 e. The maximum atomic E-state index is 13.3. The summed E-state index contributed by atoms with van der Waals surface area (Å²) in [5.41, 5.74) is 6.36. The van der Waals surface area contributed by atoms with Crippen LogP contribution in [0.2, 0.25) is 0 Å². The van der Waals surface area contributed by atoms with Crippen LogP contribution in [-0.2, 0) is 10.0 Å². The van der Waals surface area contributed by atoms with Gasteiger partial charge in [0, 0.05) is 0 Å². The van der Waals surface area contributed by atoms with Crippen LogP contribution in [0, 0.1) is 19.7 Å². The van der Waals surface area contributed by atoms with Gasteiger partial charge in [0.25, 0.3) is 10.0 Å². The fourth-order valence-electron chi connectivity index (χ4n) is 1.80. The van der Waals surface area contributed by atoms with Crippen molar-refractivity contribution in [1.29, 1.82) is 0 Å². The summed E-state index contributed by atoms with van der Waals surface area (Å²) < 4.78 is 41.1. The van der Waals surface area contributed by atoms with Gasteiger partial charge in [0.2, 0.25) is 0 Å². The monoisotopic (exact) mass is 373 g/mol. The molecular weight excluding hydrogens is 361 g/mol. The number of halogens is 2. The highest BCUT2D eigenvalue weighted by atomic mass is 79.9. The summed E-state index contributed by atoms with van der Waals surface area (Å²) in [6, 6.07) is 5.41. The number of rotatable bonds is 3. The van der Waals surface area contributed by atoms with Crippen LogP contribution in [0.1, 0.15) is 11.3 Å². The molecule has 0 amide bonds. The minimum atomic E-state index is -3.87. The van der Waals surface area contributed by atoms with Crippen molar-refractivity contribution >= 4 is 37.3 Å². The number of hydrogen-bond donors (Lipinski definition) is 2. The number of nitrogens with two attached hydrogens (primary N) is 1. The predicted molar refractivity (Wildman–Crippen MR) is 83.0 cm³/mol. The number of anilines is 2. The topological polar surface area (TPSA) is 85.1 Å². The number of nitrogen functional groups attached to an aromatic ring is 1. The highest BCUT2D eigenvalue weighted by Gasteiger charge is 2.20. The maximum absolute atomic E-state index is 13.3. The summed E-state index contributed by atoms with van der Waals surface area (Å²) in [5, 5.41) is 0. The molecule has 0 aliphatic carbocycles. The van der Waals surface area contributed by atoms with Gasteiger partial charge in [0.15, 0.2) is 0 Å². The van der Waals surface area contributed by atoms with Crippen molar-refractivity contribution in [3.05, 3.63) is 45.9 Å². The molecule has 2 aromatic rings. The zero-order valence-corrected chi connectivity index (χ0v) is 13.7. The van der Waals surface area contributed by atoms with Crippen LogP contribution in [0.15, 0.2) is 33.8 Å². The lowest BCUT2D eigenvalue weighted by molar-refractivity contribution is 0.599. The van der Waals surface area contributed by atoms with E-state index in [0.29, 0.717) is 16.0 Å². The van der Waals surface area contributed by atoms with E-state index >= 15 is 0 Å². The minimum absolute atomic E-state index is 0.0660. The SMILES string of the molecule is Cc1cc(F)c(N)cc1S(=O)(=O)Nc1ccc(Br)nc1C. The Morgan fingerprint density at radius 1 is 1.29 bits per heavy atom. The van der Waals surface area contributed by atoms with Crippen LogP contribution in [0.25, 0.3) is 0 Å². The second-order valence-electron chi connectivity index (χ2n) is 4.51. The van der Waals surface area contributed by atoms with E-state index < -0.39 is 15.8 Å². The third kappa shape index (κ3) is 3.33. The van der Waals surface area contributed by atoms with E-state index in [4.69, 9.17) is 5.73 Å². The number of aromatic nitrogens is 1. The van der Waals surface area contributed by atoms with Crippen molar-refractivity contribution in [3.8, 4) is 0 Å². The molecule has 0 saturated carbocycles. The number of pyridine rings is 1. The van der Waals surface area contributed by atoms with Gasteiger partial charge in [-0.15, -0.1) is 0 Å². The molecule has 0 saturated heterocycles. The molecule has 2 rings (SSSR count). The Morgan fingerprint density at radius 3 is 2.57 bits per heavy atom. The summed E-state index contributed by atoms with van der Waals surface area (Å²) >= 11 is 3.20. The fraction of sp³-hybridized carbons (Fsp3) is 0.154. The van der Waals surface area contributed by atoms with Crippen molar-refractivity contribution < 1.29 is 12.8 Å². The first-order valence-corrected chi connectivity index (χ1v) is 8.20. The van der Waals surface area contributed by atoms with E-state index in [1.54, 1.807) is 19.1 Å². The summed E-state index contributed by atoms with van der Waals surface area (Å²) in [4.78, 5) is 4.04. The van der Waals surface area contributed by atoms with Gasteiger partial charge in [-0.25, -0.2) is 17.8 Å². The van der Waals surface area contributed by atoms with Gasteiger partial charge in [0.05, 0.1) is 22.0 Å². The van der Waals surface area contributed by atoms with Crippen LogP contribution >= 0.6 is 15.9 Å². The number of nitrogens with zero attached hydrogens (tertiary/aromatic N) is 1. The lowest BCUT2D eigenvalue weighted by Crippen LogP contribution is -2.16. The van der Waals surface area contributed by atoms with Crippen molar-refractivity contribution in [3.63, 3.8) is 0 Å². The van der Waals surface area contributed by atoms with Gasteiger partial charge in [0.1, 0.15) is 10.4 Å². The molecule has 0 spiro atoms. The molecule has 0 radical (unpaired) electrons. The van der Waals surface area contributed by atoms with Crippen molar-refractivity contribution in [2.75, 3.05) is 10.5 Å². The van der Waals surface area contributed by atoms with Crippen LogP contribution in [0.5, 0.6) is 0 Å². The molecular formula is C13H13BrFN3O2S. The van der Waals surface area contributed by atoms with Gasteiger partial charge in [-0.05, 0) is 59.6 Å². The second kappa shape index (κ2) is 5.61. The average molecular weight is 374 g/mol. The molecule has 5 nitrogen and oxygen atoms in total. The van der Waals surface area contributed by atoms with Crippen molar-refractivity contribution in [1.82, 2.24) is 4.98 Å². The number of benzene rings is 1. The number of sulfonamides is 1. The Morgan fingerprint density at radius 2 is 1.95 bits per heavy atom. The molecule has 0 fully saturated rings. The van der Waals surface area contributed by atoms with E-state index in [1.165, 1.54) is 6.92 Å². The van der Waals surface area contributed by atoms with E-state index in [9.17, 15) is 12.8 Å². The highest BCUT2D eigenvalue weighted by Crippen LogP contribution is 2.25. The van der Waals surface area contributed by atoms with Gasteiger partial charge in [-0.2, -0.15) is 0 Å². The fourth-order valence-corrected chi connectivity index (χ4v) is 3.57. The van der Waals surface area contributed by atoms with Crippen LogP contribution in [-0.4, -0.2) is 13.4 Å². The first-order valence-electron chi connectivity index (χ1n) is 5.92. The number of aryl methyl sites for hydroxylation is 2. The second-order valence-corrected chi connectivity index (χ2v) is 6.97. The first kappa shape index (κ1) is 15.7. The zero-order valence-electron chi connectivity index (χ0n) is 11.3. The maximum Gasteiger partial charge on any atom is 0.262 e. The molecule has 0 bridgehead atoms. The molecule has 21 heavy (non-hydrogen) atoms. The lowest BCUT2D eigenvalue weighted by Gasteiger charge is -2.13. The molecule has 3 N–H and O–H groups in total. The van der Waals surface area contributed by atoms with E-state index in [0.717, 1.165) is 12.1 Å². The van der Waals surface area contributed by atoms with Crippen molar-refractivity contribution in [2.45, 2.75) is 18.7 Å². The van der Waals surface area contributed by atoms with Crippen LogP contribution in [0.3, 0.4) is 0 Å². The number of nitrogens with one attached hydrogen (secondary N) is 1. The highest BCUT2D eigenvalue weighted by molar-refractivity contribution is 9.10. The molecule has 0 aliphatic rings. The Labute approximate surface area is 130 Å². The molecule has 1 heterocycles. The standard InChI is InChI=1S/C13H13BrFN3O2S/c1-7-5-9(15)10(16)6-12(7)21(19,20)18-11-3-4-13(14)17-8(11)2/h3-6,18H,16H2,1-2H3. The van der Waals surface area contributed by atoms with Gasteiger partial charge in [-0.1, -0.05) is 0 Å².